The van der Waals surface area contributed by atoms with Crippen LogP contribution in [0.1, 0.15) is 49.9 Å². The summed E-state index contributed by atoms with van der Waals surface area (Å²) in [6.45, 7) is 9.44. The summed E-state index contributed by atoms with van der Waals surface area (Å²) in [7, 11) is 0. The molecule has 0 bridgehead atoms. The lowest BCUT2D eigenvalue weighted by atomic mass is 10.0. The third-order valence-corrected chi connectivity index (χ3v) is 5.65. The molecular formula is C30H34O4. The molecule has 0 amide bonds. The Labute approximate surface area is 203 Å². The highest BCUT2D eigenvalue weighted by molar-refractivity contribution is 5.91. The molecule has 0 unspecified atom stereocenters. The smallest absolute Gasteiger partial charge is 0.343 e. The monoisotopic (exact) mass is 458 g/mol. The summed E-state index contributed by atoms with van der Waals surface area (Å²) >= 11 is 0. The van der Waals surface area contributed by atoms with E-state index in [2.05, 4.69) is 20.4 Å². The van der Waals surface area contributed by atoms with Crippen LogP contribution in [0.4, 0.5) is 0 Å². The Balaban J connectivity index is 1.51. The van der Waals surface area contributed by atoms with Gasteiger partial charge in [0.05, 0.1) is 18.8 Å². The Morgan fingerprint density at radius 1 is 0.824 bits per heavy atom. The number of rotatable bonds is 13. The van der Waals surface area contributed by atoms with Crippen LogP contribution < -0.4 is 14.2 Å². The highest BCUT2D eigenvalue weighted by atomic mass is 16.5. The van der Waals surface area contributed by atoms with Crippen molar-refractivity contribution >= 4 is 5.97 Å². The molecule has 3 aromatic rings. The van der Waals surface area contributed by atoms with E-state index in [0.29, 0.717) is 23.8 Å². The highest BCUT2D eigenvalue weighted by Crippen LogP contribution is 2.24. The predicted molar refractivity (Wildman–Crippen MR) is 138 cm³/mol. The van der Waals surface area contributed by atoms with Crippen molar-refractivity contribution in [2.75, 3.05) is 13.2 Å². The minimum absolute atomic E-state index is 0.390. The van der Waals surface area contributed by atoms with Gasteiger partial charge in [-0.3, -0.25) is 0 Å². The van der Waals surface area contributed by atoms with Crippen molar-refractivity contribution in [2.45, 2.75) is 39.5 Å². The summed E-state index contributed by atoms with van der Waals surface area (Å²) in [6.07, 6.45) is 6.06. The molecule has 4 nitrogen and oxygen atoms in total. The molecule has 0 heterocycles. The first kappa shape index (κ1) is 25.1. The van der Waals surface area contributed by atoms with Gasteiger partial charge in [0, 0.05) is 0 Å². The molecule has 0 aliphatic carbocycles. The zero-order chi connectivity index (χ0) is 24.2. The maximum absolute atomic E-state index is 12.5. The average molecular weight is 459 g/mol. The van der Waals surface area contributed by atoms with E-state index in [1.165, 1.54) is 0 Å². The largest absolute Gasteiger partial charge is 0.494 e. The molecule has 0 spiro atoms. The summed E-state index contributed by atoms with van der Waals surface area (Å²) in [5.41, 5.74) is 2.59. The van der Waals surface area contributed by atoms with Crippen LogP contribution in [0.5, 0.6) is 17.2 Å². The zero-order valence-electron chi connectivity index (χ0n) is 20.2. The van der Waals surface area contributed by atoms with E-state index in [1.807, 2.05) is 54.6 Å². The van der Waals surface area contributed by atoms with Crippen molar-refractivity contribution in [3.8, 4) is 28.4 Å². The van der Waals surface area contributed by atoms with Crippen LogP contribution in [0.3, 0.4) is 0 Å². The van der Waals surface area contributed by atoms with Gasteiger partial charge in [-0.05, 0) is 84.8 Å². The van der Waals surface area contributed by atoms with Crippen LogP contribution >= 0.6 is 0 Å². The van der Waals surface area contributed by atoms with Crippen molar-refractivity contribution in [3.05, 3.63) is 91.0 Å². The molecule has 0 aromatic heterocycles. The third-order valence-electron chi connectivity index (χ3n) is 5.65. The van der Waals surface area contributed by atoms with Crippen molar-refractivity contribution in [3.63, 3.8) is 0 Å². The standard InChI is InChI=1S/C30H34O4/c1-4-6-7-8-21-32-27-17-19-29(20-18-27)34-30(31)26-11-9-24(10-12-26)25-13-15-28(16-14-25)33-22-23(3)5-2/h4,9-20,23H,1,5-8,21-22H2,2-3H3/t23-/m0/s1. The first-order valence-corrected chi connectivity index (χ1v) is 12.0. The second kappa shape index (κ2) is 13.2. The van der Waals surface area contributed by atoms with Crippen molar-refractivity contribution in [2.24, 2.45) is 5.92 Å². The number of ether oxygens (including phenoxy) is 3. The number of hydrogen-bond acceptors (Lipinski definition) is 4. The number of unbranched alkanes of at least 4 members (excludes halogenated alkanes) is 2. The lowest BCUT2D eigenvalue weighted by Crippen LogP contribution is -2.08. The van der Waals surface area contributed by atoms with Gasteiger partial charge in [-0.25, -0.2) is 4.79 Å². The summed E-state index contributed by atoms with van der Waals surface area (Å²) < 4.78 is 17.0. The molecule has 0 radical (unpaired) electrons. The van der Waals surface area contributed by atoms with E-state index in [0.717, 1.165) is 54.9 Å². The molecule has 0 fully saturated rings. The SMILES string of the molecule is C=CCCCCOc1ccc(OC(=O)c2ccc(-c3ccc(OC[C@@H](C)CC)cc3)cc2)cc1. The molecule has 0 aliphatic rings. The minimum atomic E-state index is -0.390. The maximum atomic E-state index is 12.5. The van der Waals surface area contributed by atoms with Gasteiger partial charge in [-0.15, -0.1) is 6.58 Å². The van der Waals surface area contributed by atoms with Gasteiger partial charge in [0.1, 0.15) is 17.2 Å². The highest BCUT2D eigenvalue weighted by Gasteiger charge is 2.10. The molecule has 3 rings (SSSR count). The lowest BCUT2D eigenvalue weighted by Gasteiger charge is -2.11. The molecular weight excluding hydrogens is 424 g/mol. The van der Waals surface area contributed by atoms with Crippen LogP contribution in [-0.2, 0) is 0 Å². The van der Waals surface area contributed by atoms with E-state index in [1.54, 1.807) is 24.3 Å². The van der Waals surface area contributed by atoms with Crippen LogP contribution in [0, 0.1) is 5.92 Å². The molecule has 0 aliphatic heterocycles. The molecule has 0 N–H and O–H groups in total. The fourth-order valence-corrected chi connectivity index (χ4v) is 3.25. The van der Waals surface area contributed by atoms with E-state index in [9.17, 15) is 4.79 Å². The van der Waals surface area contributed by atoms with E-state index >= 15 is 0 Å². The molecule has 34 heavy (non-hydrogen) atoms. The number of allylic oxidation sites excluding steroid dienone is 1. The zero-order valence-corrected chi connectivity index (χ0v) is 20.2. The van der Waals surface area contributed by atoms with Crippen LogP contribution in [0.25, 0.3) is 11.1 Å². The summed E-state index contributed by atoms with van der Waals surface area (Å²) in [5, 5.41) is 0. The minimum Gasteiger partial charge on any atom is -0.494 e. The second-order valence-corrected chi connectivity index (χ2v) is 8.42. The summed E-state index contributed by atoms with van der Waals surface area (Å²) in [6, 6.07) is 22.6. The normalized spacial score (nSPS) is 11.5. The fourth-order valence-electron chi connectivity index (χ4n) is 3.25. The maximum Gasteiger partial charge on any atom is 0.343 e. The molecule has 1 atom stereocenters. The lowest BCUT2D eigenvalue weighted by molar-refractivity contribution is 0.0734. The molecule has 3 aromatic carbocycles. The number of carbonyl (C=O) groups excluding carboxylic acids is 1. The third kappa shape index (κ3) is 7.80. The van der Waals surface area contributed by atoms with Crippen molar-refractivity contribution < 1.29 is 19.0 Å². The number of carbonyl (C=O) groups is 1. The summed E-state index contributed by atoms with van der Waals surface area (Å²) in [4.78, 5) is 12.5. The van der Waals surface area contributed by atoms with E-state index in [4.69, 9.17) is 14.2 Å². The second-order valence-electron chi connectivity index (χ2n) is 8.42. The quantitative estimate of drug-likeness (QED) is 0.114. The van der Waals surface area contributed by atoms with Crippen LogP contribution in [0.2, 0.25) is 0 Å². The van der Waals surface area contributed by atoms with Gasteiger partial charge < -0.3 is 14.2 Å². The first-order chi connectivity index (χ1) is 16.6. The predicted octanol–water partition coefficient (Wildman–Crippen LogP) is 7.73. The Hall–Kier alpha value is -3.53. The Morgan fingerprint density at radius 3 is 2.00 bits per heavy atom. The first-order valence-electron chi connectivity index (χ1n) is 12.0. The Kier molecular flexibility index (Phi) is 9.78. The van der Waals surface area contributed by atoms with Gasteiger partial charge in [-0.1, -0.05) is 50.6 Å². The van der Waals surface area contributed by atoms with Gasteiger partial charge in [0.2, 0.25) is 0 Å². The fraction of sp³-hybridized carbons (Fsp3) is 0.300. The van der Waals surface area contributed by atoms with Gasteiger partial charge in [0.25, 0.3) is 0 Å². The molecule has 0 saturated carbocycles. The van der Waals surface area contributed by atoms with E-state index < -0.39 is 5.97 Å². The van der Waals surface area contributed by atoms with Gasteiger partial charge in [0.15, 0.2) is 0 Å². The number of benzene rings is 3. The van der Waals surface area contributed by atoms with Crippen LogP contribution in [-0.4, -0.2) is 19.2 Å². The van der Waals surface area contributed by atoms with E-state index in [-0.39, 0.29) is 0 Å². The molecule has 0 saturated heterocycles. The van der Waals surface area contributed by atoms with Crippen molar-refractivity contribution in [1.29, 1.82) is 0 Å². The van der Waals surface area contributed by atoms with Crippen molar-refractivity contribution in [1.82, 2.24) is 0 Å². The van der Waals surface area contributed by atoms with Gasteiger partial charge >= 0.3 is 5.97 Å². The molecule has 4 heteroatoms. The number of esters is 1. The van der Waals surface area contributed by atoms with Crippen LogP contribution in [0.15, 0.2) is 85.5 Å². The topological polar surface area (TPSA) is 44.8 Å². The Morgan fingerprint density at radius 2 is 1.38 bits per heavy atom. The summed E-state index contributed by atoms with van der Waals surface area (Å²) in [5.74, 6) is 2.27. The van der Waals surface area contributed by atoms with Gasteiger partial charge in [-0.2, -0.15) is 0 Å². The Bertz CT molecular complexity index is 1020. The molecule has 178 valence electrons. The number of hydrogen-bond donors (Lipinski definition) is 0. The average Bonchev–Trinajstić information content (AvgIpc) is 2.88.